The van der Waals surface area contributed by atoms with E-state index < -0.39 is 23.7 Å². The molecule has 2 aromatic rings. The van der Waals surface area contributed by atoms with E-state index in [-0.39, 0.29) is 23.6 Å². The predicted octanol–water partition coefficient (Wildman–Crippen LogP) is 2.40. The van der Waals surface area contributed by atoms with E-state index in [1.807, 2.05) is 6.07 Å². The van der Waals surface area contributed by atoms with E-state index in [9.17, 15) is 18.8 Å². The summed E-state index contributed by atoms with van der Waals surface area (Å²) in [7, 11) is 1.40. The van der Waals surface area contributed by atoms with Crippen LogP contribution >= 0.6 is 0 Å². The van der Waals surface area contributed by atoms with Gasteiger partial charge in [0, 0.05) is 0 Å². The van der Waals surface area contributed by atoms with Gasteiger partial charge in [0.15, 0.2) is 18.1 Å². The lowest BCUT2D eigenvalue weighted by Gasteiger charge is -2.26. The number of hydrogen-bond acceptors (Lipinski definition) is 6. The number of carbonyl (C=O) groups is 3. The molecule has 1 heterocycles. The third-order valence-electron chi connectivity index (χ3n) is 3.96. The molecule has 2 aromatic carbocycles. The summed E-state index contributed by atoms with van der Waals surface area (Å²) < 4.78 is 23.9. The summed E-state index contributed by atoms with van der Waals surface area (Å²) in [5.74, 6) is -1.81. The molecule has 9 heteroatoms. The number of nitrogens with zero attached hydrogens (tertiary/aromatic N) is 2. The number of carbonyl (C=O) groups excluding carboxylic acids is 3. The van der Waals surface area contributed by atoms with Crippen molar-refractivity contribution in [3.63, 3.8) is 0 Å². The number of benzene rings is 2. The number of nitriles is 1. The van der Waals surface area contributed by atoms with E-state index in [2.05, 4.69) is 5.32 Å². The van der Waals surface area contributed by atoms with Crippen LogP contribution in [0.25, 0.3) is 6.08 Å². The second-order valence-electron chi connectivity index (χ2n) is 5.79. The average Bonchev–Trinajstić information content (AvgIpc) is 2.69. The molecule has 1 N–H and O–H groups in total. The van der Waals surface area contributed by atoms with Gasteiger partial charge in [0.1, 0.15) is 17.5 Å². The Morgan fingerprint density at radius 2 is 1.97 bits per heavy atom. The average molecular weight is 395 g/mol. The van der Waals surface area contributed by atoms with Gasteiger partial charge >= 0.3 is 6.03 Å². The maximum absolute atomic E-state index is 13.5. The minimum atomic E-state index is -0.972. The fraction of sp³-hybridized carbons (Fsp3) is 0.100. The number of hydrogen-bond donors (Lipinski definition) is 1. The first-order valence-electron chi connectivity index (χ1n) is 8.29. The van der Waals surface area contributed by atoms with Crippen molar-refractivity contribution in [2.24, 2.45) is 0 Å². The molecule has 0 saturated carbocycles. The first-order valence-corrected chi connectivity index (χ1v) is 8.29. The maximum Gasteiger partial charge on any atom is 0.335 e. The number of anilines is 1. The van der Waals surface area contributed by atoms with Crippen LogP contribution in [0.3, 0.4) is 0 Å². The quantitative estimate of drug-likeness (QED) is 0.615. The van der Waals surface area contributed by atoms with Gasteiger partial charge in [-0.25, -0.2) is 14.1 Å². The summed E-state index contributed by atoms with van der Waals surface area (Å²) in [6.45, 7) is -0.178. The largest absolute Gasteiger partial charge is 0.493 e. The molecule has 1 aliphatic heterocycles. The van der Waals surface area contributed by atoms with Crippen LogP contribution < -0.4 is 19.7 Å². The molecule has 0 aliphatic carbocycles. The lowest BCUT2D eigenvalue weighted by molar-refractivity contribution is -0.122. The maximum atomic E-state index is 13.5. The van der Waals surface area contributed by atoms with Crippen LogP contribution in [0.2, 0.25) is 0 Å². The number of amides is 4. The van der Waals surface area contributed by atoms with E-state index in [0.29, 0.717) is 16.2 Å². The van der Waals surface area contributed by atoms with Crippen LogP contribution in [-0.4, -0.2) is 31.6 Å². The number of barbiturate groups is 1. The lowest BCUT2D eigenvalue weighted by atomic mass is 10.1. The predicted molar refractivity (Wildman–Crippen MR) is 99.5 cm³/mol. The molecule has 29 heavy (non-hydrogen) atoms. The van der Waals surface area contributed by atoms with Gasteiger partial charge in [-0.15, -0.1) is 0 Å². The van der Waals surface area contributed by atoms with Gasteiger partial charge < -0.3 is 9.47 Å². The minimum Gasteiger partial charge on any atom is -0.493 e. The highest BCUT2D eigenvalue weighted by atomic mass is 19.1. The Morgan fingerprint density at radius 3 is 2.66 bits per heavy atom. The normalized spacial score (nSPS) is 15.1. The molecule has 0 aromatic heterocycles. The molecule has 8 nitrogen and oxygen atoms in total. The first kappa shape index (κ1) is 19.6. The third-order valence-corrected chi connectivity index (χ3v) is 3.96. The Hall–Kier alpha value is -4.19. The van der Waals surface area contributed by atoms with Crippen molar-refractivity contribution in [1.82, 2.24) is 5.32 Å². The van der Waals surface area contributed by atoms with Gasteiger partial charge in [-0.1, -0.05) is 12.1 Å². The number of nitrogens with one attached hydrogen (secondary N) is 1. The van der Waals surface area contributed by atoms with Crippen LogP contribution in [0.5, 0.6) is 11.5 Å². The smallest absolute Gasteiger partial charge is 0.335 e. The summed E-state index contributed by atoms with van der Waals surface area (Å²) >= 11 is 0. The molecule has 0 bridgehead atoms. The summed E-state index contributed by atoms with van der Waals surface area (Å²) in [5.41, 5.74) is 0.0866. The van der Waals surface area contributed by atoms with Crippen LogP contribution in [0, 0.1) is 17.1 Å². The van der Waals surface area contributed by atoms with E-state index in [1.165, 1.54) is 43.5 Å². The Kier molecular flexibility index (Phi) is 5.55. The summed E-state index contributed by atoms with van der Waals surface area (Å²) in [4.78, 5) is 37.8. The van der Waals surface area contributed by atoms with Crippen molar-refractivity contribution in [2.45, 2.75) is 0 Å². The second-order valence-corrected chi connectivity index (χ2v) is 5.79. The zero-order valence-corrected chi connectivity index (χ0v) is 15.1. The molecule has 1 saturated heterocycles. The van der Waals surface area contributed by atoms with Crippen LogP contribution in [0.4, 0.5) is 14.9 Å². The molecule has 0 spiro atoms. The molecule has 146 valence electrons. The minimum absolute atomic E-state index is 0.0104. The van der Waals surface area contributed by atoms with E-state index in [0.717, 1.165) is 6.07 Å². The van der Waals surface area contributed by atoms with Gasteiger partial charge in [-0.2, -0.15) is 5.26 Å². The molecule has 0 atom stereocenters. The van der Waals surface area contributed by atoms with E-state index in [1.54, 1.807) is 6.07 Å². The standard InChI is InChI=1S/C20H14FN3O5/c1-28-17-10-12(5-6-16(17)29-8-7-22)9-15-18(25)23-20(27)24(19(15)26)14-4-2-3-13(21)11-14/h2-6,9-11H,8H2,1H3,(H,23,25,27)/b15-9+. The zero-order valence-electron chi connectivity index (χ0n) is 15.1. The number of methoxy groups -OCH3 is 1. The highest BCUT2D eigenvalue weighted by Crippen LogP contribution is 2.30. The third kappa shape index (κ3) is 4.06. The fourth-order valence-electron chi connectivity index (χ4n) is 2.68. The Balaban J connectivity index is 1.97. The fourth-order valence-corrected chi connectivity index (χ4v) is 2.68. The van der Waals surface area contributed by atoms with Crippen molar-refractivity contribution in [2.75, 3.05) is 18.6 Å². The molecular weight excluding hydrogens is 381 g/mol. The Bertz CT molecular complexity index is 1070. The molecule has 0 unspecified atom stereocenters. The van der Waals surface area contributed by atoms with Gasteiger partial charge in [0.2, 0.25) is 0 Å². The van der Waals surface area contributed by atoms with Gasteiger partial charge in [-0.3, -0.25) is 14.9 Å². The number of imide groups is 2. The number of urea groups is 1. The van der Waals surface area contributed by atoms with E-state index in [4.69, 9.17) is 14.7 Å². The van der Waals surface area contributed by atoms with Gasteiger partial charge in [0.05, 0.1) is 12.8 Å². The van der Waals surface area contributed by atoms with Gasteiger partial charge in [-0.05, 0) is 42.0 Å². The van der Waals surface area contributed by atoms with Crippen molar-refractivity contribution in [3.05, 3.63) is 59.4 Å². The van der Waals surface area contributed by atoms with Crippen molar-refractivity contribution < 1.29 is 28.2 Å². The number of rotatable bonds is 5. The molecule has 3 rings (SSSR count). The monoisotopic (exact) mass is 395 g/mol. The number of halogens is 1. The topological polar surface area (TPSA) is 109 Å². The zero-order chi connectivity index (χ0) is 21.0. The number of ether oxygens (including phenoxy) is 2. The highest BCUT2D eigenvalue weighted by Gasteiger charge is 2.36. The molecule has 0 radical (unpaired) electrons. The first-order chi connectivity index (χ1) is 13.9. The lowest BCUT2D eigenvalue weighted by Crippen LogP contribution is -2.54. The van der Waals surface area contributed by atoms with Crippen molar-refractivity contribution in [1.29, 1.82) is 5.26 Å². The molecule has 4 amide bonds. The van der Waals surface area contributed by atoms with Crippen molar-refractivity contribution in [3.8, 4) is 17.6 Å². The second kappa shape index (κ2) is 8.22. The van der Waals surface area contributed by atoms with Crippen LogP contribution in [0.1, 0.15) is 5.56 Å². The molecular formula is C20H14FN3O5. The summed E-state index contributed by atoms with van der Waals surface area (Å²) in [6, 6.07) is 10.3. The van der Waals surface area contributed by atoms with Crippen LogP contribution in [-0.2, 0) is 9.59 Å². The van der Waals surface area contributed by atoms with Gasteiger partial charge in [0.25, 0.3) is 11.8 Å². The summed E-state index contributed by atoms with van der Waals surface area (Å²) in [5, 5.41) is 10.7. The highest BCUT2D eigenvalue weighted by molar-refractivity contribution is 6.39. The molecule has 1 fully saturated rings. The SMILES string of the molecule is COc1cc(/C=C2\C(=O)NC(=O)N(c3cccc(F)c3)C2=O)ccc1OCC#N. The Morgan fingerprint density at radius 1 is 1.17 bits per heavy atom. The summed E-state index contributed by atoms with van der Waals surface area (Å²) in [6.07, 6.45) is 1.27. The van der Waals surface area contributed by atoms with Crippen LogP contribution in [0.15, 0.2) is 48.0 Å². The van der Waals surface area contributed by atoms with E-state index >= 15 is 0 Å². The molecule has 1 aliphatic rings. The Labute approximate surface area is 164 Å². The van der Waals surface area contributed by atoms with Crippen molar-refractivity contribution >= 4 is 29.6 Å².